The van der Waals surface area contributed by atoms with Gasteiger partial charge < -0.3 is 10.4 Å². The van der Waals surface area contributed by atoms with Crippen LogP contribution in [-0.4, -0.2) is 23.2 Å². The zero-order valence-electron chi connectivity index (χ0n) is 8.95. The highest BCUT2D eigenvalue weighted by molar-refractivity contribution is 5.33. The minimum absolute atomic E-state index is 0.0948. The number of nitrogens with one attached hydrogen (secondary N) is 1. The first-order valence-corrected chi connectivity index (χ1v) is 5.60. The molecule has 15 heavy (non-hydrogen) atoms. The van der Waals surface area contributed by atoms with Crippen LogP contribution in [-0.2, 0) is 0 Å². The molecule has 0 aromatic carbocycles. The van der Waals surface area contributed by atoms with Gasteiger partial charge in [-0.05, 0) is 25.0 Å². The topological polar surface area (TPSA) is 45.1 Å². The number of aliphatic hydroxyl groups excluding tert-OH is 1. The monoisotopic (exact) mass is 206 g/mol. The molecule has 0 saturated heterocycles. The van der Waals surface area contributed by atoms with Gasteiger partial charge >= 0.3 is 0 Å². The van der Waals surface area contributed by atoms with Gasteiger partial charge in [0.15, 0.2) is 0 Å². The van der Waals surface area contributed by atoms with E-state index < -0.39 is 0 Å². The Morgan fingerprint density at radius 1 is 1.33 bits per heavy atom. The largest absolute Gasteiger partial charge is 0.396 e. The Hall–Kier alpha value is -1.09. The van der Waals surface area contributed by atoms with Crippen molar-refractivity contribution >= 4 is 5.82 Å². The Morgan fingerprint density at radius 3 is 2.73 bits per heavy atom. The summed E-state index contributed by atoms with van der Waals surface area (Å²) in [5, 5.41) is 12.7. The van der Waals surface area contributed by atoms with Crippen LogP contribution in [0.1, 0.15) is 25.7 Å². The molecule has 0 atom stereocenters. The van der Waals surface area contributed by atoms with E-state index >= 15 is 0 Å². The summed E-state index contributed by atoms with van der Waals surface area (Å²) in [6.45, 7) is 1.12. The summed E-state index contributed by atoms with van der Waals surface area (Å²) in [5.41, 5.74) is 0.0948. The Bertz CT molecular complexity index is 294. The fourth-order valence-electron chi connectivity index (χ4n) is 2.26. The molecule has 0 unspecified atom stereocenters. The molecule has 3 nitrogen and oxygen atoms in total. The summed E-state index contributed by atoms with van der Waals surface area (Å²) in [6.07, 6.45) is 6.52. The van der Waals surface area contributed by atoms with Crippen molar-refractivity contribution in [3.8, 4) is 0 Å². The fraction of sp³-hybridized carbons (Fsp3) is 0.583. The third-order valence-corrected chi connectivity index (χ3v) is 3.31. The van der Waals surface area contributed by atoms with E-state index in [2.05, 4.69) is 10.3 Å². The number of aliphatic hydroxyl groups is 1. The minimum atomic E-state index is 0.0948. The quantitative estimate of drug-likeness (QED) is 0.792. The summed E-state index contributed by atoms with van der Waals surface area (Å²) in [4.78, 5) is 4.21. The highest BCUT2D eigenvalue weighted by atomic mass is 16.3. The molecule has 1 aromatic heterocycles. The summed E-state index contributed by atoms with van der Waals surface area (Å²) in [5.74, 6) is 0.900. The van der Waals surface area contributed by atoms with Crippen LogP contribution in [0.5, 0.6) is 0 Å². The molecule has 1 aliphatic rings. The second-order valence-corrected chi connectivity index (χ2v) is 4.43. The van der Waals surface area contributed by atoms with Crippen LogP contribution in [0.3, 0.4) is 0 Å². The second-order valence-electron chi connectivity index (χ2n) is 4.43. The molecule has 0 spiro atoms. The molecule has 1 aliphatic carbocycles. The first-order chi connectivity index (χ1) is 7.35. The van der Waals surface area contributed by atoms with E-state index in [1.807, 2.05) is 18.2 Å². The minimum Gasteiger partial charge on any atom is -0.396 e. The van der Waals surface area contributed by atoms with Gasteiger partial charge in [-0.3, -0.25) is 0 Å². The maximum atomic E-state index is 9.43. The van der Waals surface area contributed by atoms with Gasteiger partial charge in [0.2, 0.25) is 0 Å². The lowest BCUT2D eigenvalue weighted by Gasteiger charge is -2.26. The summed E-state index contributed by atoms with van der Waals surface area (Å²) < 4.78 is 0. The molecule has 1 heterocycles. The third kappa shape index (κ3) is 2.48. The summed E-state index contributed by atoms with van der Waals surface area (Å²) in [7, 11) is 0. The SMILES string of the molecule is OCC1(CNc2ccccn2)CCCC1. The van der Waals surface area contributed by atoms with E-state index in [9.17, 15) is 5.11 Å². The predicted octanol–water partition coefficient (Wildman–Crippen LogP) is 2.05. The van der Waals surface area contributed by atoms with E-state index in [-0.39, 0.29) is 12.0 Å². The Labute approximate surface area is 90.5 Å². The Balaban J connectivity index is 1.92. The van der Waals surface area contributed by atoms with Crippen molar-refractivity contribution < 1.29 is 5.11 Å². The number of pyridine rings is 1. The highest BCUT2D eigenvalue weighted by Crippen LogP contribution is 2.37. The zero-order valence-corrected chi connectivity index (χ0v) is 8.95. The fourth-order valence-corrected chi connectivity index (χ4v) is 2.26. The maximum Gasteiger partial charge on any atom is 0.125 e. The lowest BCUT2D eigenvalue weighted by Crippen LogP contribution is -2.30. The number of aromatic nitrogens is 1. The number of rotatable bonds is 4. The van der Waals surface area contributed by atoms with Crippen molar-refractivity contribution in [1.29, 1.82) is 0 Å². The first kappa shape index (κ1) is 10.4. The molecule has 1 aromatic rings. The van der Waals surface area contributed by atoms with Crippen LogP contribution in [0.25, 0.3) is 0 Å². The predicted molar refractivity (Wildman–Crippen MR) is 60.7 cm³/mol. The van der Waals surface area contributed by atoms with Crippen LogP contribution in [0.2, 0.25) is 0 Å². The molecule has 3 heteroatoms. The summed E-state index contributed by atoms with van der Waals surface area (Å²) >= 11 is 0. The number of hydrogen-bond donors (Lipinski definition) is 2. The van der Waals surface area contributed by atoms with Crippen molar-refractivity contribution in [1.82, 2.24) is 4.98 Å². The molecule has 0 aliphatic heterocycles. The maximum absolute atomic E-state index is 9.43. The summed E-state index contributed by atoms with van der Waals surface area (Å²) in [6, 6.07) is 5.83. The van der Waals surface area contributed by atoms with Gasteiger partial charge in [0.1, 0.15) is 5.82 Å². The van der Waals surface area contributed by atoms with Gasteiger partial charge in [0.05, 0.1) is 6.61 Å². The van der Waals surface area contributed by atoms with Gasteiger partial charge in [-0.25, -0.2) is 4.98 Å². The number of hydrogen-bond acceptors (Lipinski definition) is 3. The van der Waals surface area contributed by atoms with E-state index in [1.54, 1.807) is 6.20 Å². The van der Waals surface area contributed by atoms with Gasteiger partial charge in [0.25, 0.3) is 0 Å². The van der Waals surface area contributed by atoms with Gasteiger partial charge in [-0.1, -0.05) is 18.9 Å². The lowest BCUT2D eigenvalue weighted by atomic mass is 9.87. The van der Waals surface area contributed by atoms with Gasteiger partial charge in [0, 0.05) is 18.2 Å². The van der Waals surface area contributed by atoms with Gasteiger partial charge in [-0.15, -0.1) is 0 Å². The highest BCUT2D eigenvalue weighted by Gasteiger charge is 2.32. The van der Waals surface area contributed by atoms with E-state index in [0.29, 0.717) is 0 Å². The molecule has 1 fully saturated rings. The molecule has 0 radical (unpaired) electrons. The molecule has 0 bridgehead atoms. The van der Waals surface area contributed by atoms with E-state index in [1.165, 1.54) is 12.8 Å². The molecule has 1 saturated carbocycles. The van der Waals surface area contributed by atoms with Gasteiger partial charge in [-0.2, -0.15) is 0 Å². The Morgan fingerprint density at radius 2 is 2.13 bits per heavy atom. The van der Waals surface area contributed by atoms with E-state index in [4.69, 9.17) is 0 Å². The Kier molecular flexibility index (Phi) is 3.21. The smallest absolute Gasteiger partial charge is 0.125 e. The standard InChI is InChI=1S/C12H18N2O/c15-10-12(6-2-3-7-12)9-14-11-5-1-4-8-13-11/h1,4-5,8,15H,2-3,6-7,9-10H2,(H,13,14). The number of anilines is 1. The van der Waals surface area contributed by atoms with Crippen LogP contribution < -0.4 is 5.32 Å². The molecule has 2 N–H and O–H groups in total. The van der Waals surface area contributed by atoms with Crippen molar-refractivity contribution in [2.45, 2.75) is 25.7 Å². The normalized spacial score (nSPS) is 19.0. The first-order valence-electron chi connectivity index (χ1n) is 5.60. The van der Waals surface area contributed by atoms with Crippen LogP contribution in [0.4, 0.5) is 5.82 Å². The van der Waals surface area contributed by atoms with E-state index in [0.717, 1.165) is 25.2 Å². The van der Waals surface area contributed by atoms with Crippen molar-refractivity contribution in [2.24, 2.45) is 5.41 Å². The average molecular weight is 206 g/mol. The van der Waals surface area contributed by atoms with Crippen molar-refractivity contribution in [3.05, 3.63) is 24.4 Å². The second kappa shape index (κ2) is 4.62. The number of nitrogens with zero attached hydrogens (tertiary/aromatic N) is 1. The molecule has 82 valence electrons. The average Bonchev–Trinajstić information content (AvgIpc) is 2.77. The van der Waals surface area contributed by atoms with Crippen LogP contribution in [0, 0.1) is 5.41 Å². The third-order valence-electron chi connectivity index (χ3n) is 3.31. The molecule has 0 amide bonds. The molecular formula is C12H18N2O. The van der Waals surface area contributed by atoms with Crippen LogP contribution >= 0.6 is 0 Å². The molecule has 2 rings (SSSR count). The van der Waals surface area contributed by atoms with Crippen molar-refractivity contribution in [2.75, 3.05) is 18.5 Å². The van der Waals surface area contributed by atoms with Crippen molar-refractivity contribution in [3.63, 3.8) is 0 Å². The van der Waals surface area contributed by atoms with Crippen LogP contribution in [0.15, 0.2) is 24.4 Å². The zero-order chi connectivity index (χ0) is 10.6. The lowest BCUT2D eigenvalue weighted by molar-refractivity contribution is 0.142. The molecular weight excluding hydrogens is 188 g/mol.